The maximum atomic E-state index is 12.6. The fourth-order valence-electron chi connectivity index (χ4n) is 2.28. The van der Waals surface area contributed by atoms with Gasteiger partial charge in [0.15, 0.2) is 0 Å². The molecule has 1 aromatic carbocycles. The molecule has 0 saturated carbocycles. The Morgan fingerprint density at radius 1 is 1.27 bits per heavy atom. The first kappa shape index (κ1) is 16.2. The summed E-state index contributed by atoms with van der Waals surface area (Å²) in [4.78, 5) is 14.4. The third-order valence-electron chi connectivity index (χ3n) is 3.64. The molecular formula is C17H24N4O. The monoisotopic (exact) mass is 300 g/mol. The molecular weight excluding hydrogens is 276 g/mol. The van der Waals surface area contributed by atoms with Gasteiger partial charge in [-0.25, -0.2) is 0 Å². The summed E-state index contributed by atoms with van der Waals surface area (Å²) in [6.07, 6.45) is 0.814. The van der Waals surface area contributed by atoms with E-state index in [-0.39, 0.29) is 5.91 Å². The smallest absolute Gasteiger partial charge is 0.274 e. The zero-order valence-electron chi connectivity index (χ0n) is 13.2. The van der Waals surface area contributed by atoms with Crippen molar-refractivity contribution in [1.82, 2.24) is 15.1 Å². The largest absolute Gasteiger partial charge is 0.336 e. The number of amides is 1. The lowest BCUT2D eigenvalue weighted by atomic mass is 10.1. The number of H-pyrrole nitrogens is 1. The first-order valence-electron chi connectivity index (χ1n) is 7.70. The lowest BCUT2D eigenvalue weighted by Crippen LogP contribution is -2.37. The number of nitrogens with one attached hydrogen (secondary N) is 1. The van der Waals surface area contributed by atoms with Gasteiger partial charge in [-0.2, -0.15) is 5.10 Å². The van der Waals surface area contributed by atoms with Crippen LogP contribution in [0.1, 0.15) is 41.5 Å². The van der Waals surface area contributed by atoms with E-state index in [9.17, 15) is 4.79 Å². The second kappa shape index (κ2) is 7.75. The number of benzene rings is 1. The number of aromatic nitrogens is 2. The number of hydrogen-bond donors (Lipinski definition) is 2. The molecule has 0 unspecified atom stereocenters. The molecule has 0 fully saturated rings. The van der Waals surface area contributed by atoms with Gasteiger partial charge in [0.2, 0.25) is 0 Å². The standard InChI is InChI=1S/C17H24N4O/c1-13(2)15-12-16(20-19-15)17(22)21(11-9-18)10-8-14-6-4-3-5-7-14/h3-7,12-13H,8-11,18H2,1-2H3,(H,19,20). The number of carbonyl (C=O) groups is 1. The van der Waals surface area contributed by atoms with E-state index in [2.05, 4.69) is 36.2 Å². The molecule has 0 spiro atoms. The van der Waals surface area contributed by atoms with E-state index in [1.807, 2.05) is 24.3 Å². The Labute approximate surface area is 131 Å². The molecule has 1 amide bonds. The highest BCUT2D eigenvalue weighted by molar-refractivity contribution is 5.92. The molecule has 2 aromatic rings. The fraction of sp³-hybridized carbons (Fsp3) is 0.412. The maximum absolute atomic E-state index is 12.6. The summed E-state index contributed by atoms with van der Waals surface area (Å²) in [5, 5.41) is 7.07. The van der Waals surface area contributed by atoms with Gasteiger partial charge >= 0.3 is 0 Å². The highest BCUT2D eigenvalue weighted by Gasteiger charge is 2.18. The van der Waals surface area contributed by atoms with Crippen LogP contribution in [-0.4, -0.2) is 40.6 Å². The first-order valence-corrected chi connectivity index (χ1v) is 7.70. The van der Waals surface area contributed by atoms with Gasteiger partial charge in [0.05, 0.1) is 0 Å². The van der Waals surface area contributed by atoms with Crippen LogP contribution in [0.3, 0.4) is 0 Å². The van der Waals surface area contributed by atoms with Crippen LogP contribution < -0.4 is 5.73 Å². The Balaban J connectivity index is 2.04. The molecule has 0 aliphatic rings. The van der Waals surface area contributed by atoms with Crippen LogP contribution in [0.5, 0.6) is 0 Å². The molecule has 22 heavy (non-hydrogen) atoms. The first-order chi connectivity index (χ1) is 10.6. The van der Waals surface area contributed by atoms with Gasteiger partial charge in [0.25, 0.3) is 5.91 Å². The molecule has 0 radical (unpaired) electrons. The van der Waals surface area contributed by atoms with E-state index in [0.717, 1.165) is 12.1 Å². The van der Waals surface area contributed by atoms with Crippen LogP contribution in [0.15, 0.2) is 36.4 Å². The van der Waals surface area contributed by atoms with Gasteiger partial charge < -0.3 is 10.6 Å². The summed E-state index contributed by atoms with van der Waals surface area (Å²) in [5.74, 6) is 0.255. The molecule has 5 nitrogen and oxygen atoms in total. The van der Waals surface area contributed by atoms with Crippen LogP contribution >= 0.6 is 0 Å². The van der Waals surface area contributed by atoms with Crippen LogP contribution in [0.4, 0.5) is 0 Å². The van der Waals surface area contributed by atoms with Crippen molar-refractivity contribution in [3.05, 3.63) is 53.3 Å². The van der Waals surface area contributed by atoms with E-state index in [1.54, 1.807) is 4.90 Å². The highest BCUT2D eigenvalue weighted by atomic mass is 16.2. The van der Waals surface area contributed by atoms with Crippen molar-refractivity contribution < 1.29 is 4.79 Å². The summed E-state index contributed by atoms with van der Waals surface area (Å²) < 4.78 is 0. The summed E-state index contributed by atoms with van der Waals surface area (Å²) in [7, 11) is 0. The minimum atomic E-state index is -0.0652. The molecule has 0 atom stereocenters. The lowest BCUT2D eigenvalue weighted by Gasteiger charge is -2.21. The van der Waals surface area contributed by atoms with Crippen molar-refractivity contribution in [3.63, 3.8) is 0 Å². The van der Waals surface area contributed by atoms with Gasteiger partial charge in [-0.05, 0) is 24.0 Å². The molecule has 118 valence electrons. The molecule has 0 saturated heterocycles. The molecule has 5 heteroatoms. The Morgan fingerprint density at radius 2 is 2.00 bits per heavy atom. The number of hydrogen-bond acceptors (Lipinski definition) is 3. The van der Waals surface area contributed by atoms with E-state index in [1.165, 1.54) is 5.56 Å². The minimum Gasteiger partial charge on any atom is -0.336 e. The maximum Gasteiger partial charge on any atom is 0.274 e. The zero-order valence-corrected chi connectivity index (χ0v) is 13.2. The third-order valence-corrected chi connectivity index (χ3v) is 3.64. The highest BCUT2D eigenvalue weighted by Crippen LogP contribution is 2.13. The van der Waals surface area contributed by atoms with Gasteiger partial charge in [0, 0.05) is 25.3 Å². The molecule has 1 aromatic heterocycles. The van der Waals surface area contributed by atoms with Crippen LogP contribution in [0.25, 0.3) is 0 Å². The molecule has 1 heterocycles. The van der Waals surface area contributed by atoms with Crippen molar-refractivity contribution >= 4 is 5.91 Å². The van der Waals surface area contributed by atoms with Crippen molar-refractivity contribution in [1.29, 1.82) is 0 Å². The van der Waals surface area contributed by atoms with E-state index < -0.39 is 0 Å². The van der Waals surface area contributed by atoms with Crippen LogP contribution in [0, 0.1) is 0 Å². The Hall–Kier alpha value is -2.14. The van der Waals surface area contributed by atoms with Crippen LogP contribution in [-0.2, 0) is 6.42 Å². The van der Waals surface area contributed by atoms with Gasteiger partial charge in [-0.3, -0.25) is 9.89 Å². The van der Waals surface area contributed by atoms with E-state index in [0.29, 0.717) is 31.2 Å². The summed E-state index contributed by atoms with van der Waals surface area (Å²) in [6.45, 7) is 5.76. The van der Waals surface area contributed by atoms with Crippen LogP contribution in [0.2, 0.25) is 0 Å². The topological polar surface area (TPSA) is 75.0 Å². The van der Waals surface area contributed by atoms with Crippen molar-refractivity contribution in [2.75, 3.05) is 19.6 Å². The van der Waals surface area contributed by atoms with E-state index >= 15 is 0 Å². The van der Waals surface area contributed by atoms with Gasteiger partial charge in [-0.1, -0.05) is 44.2 Å². The SMILES string of the molecule is CC(C)c1cc(C(=O)N(CCN)CCc2ccccc2)n[nH]1. The third kappa shape index (κ3) is 4.18. The normalized spacial score (nSPS) is 10.9. The number of nitrogens with two attached hydrogens (primary N) is 1. The predicted molar refractivity (Wildman–Crippen MR) is 87.8 cm³/mol. The van der Waals surface area contributed by atoms with Crippen molar-refractivity contribution in [2.24, 2.45) is 5.73 Å². The summed E-state index contributed by atoms with van der Waals surface area (Å²) in [6, 6.07) is 12.0. The number of carbonyl (C=O) groups excluding carboxylic acids is 1. The average molecular weight is 300 g/mol. The second-order valence-electron chi connectivity index (χ2n) is 5.68. The quantitative estimate of drug-likeness (QED) is 0.823. The summed E-state index contributed by atoms with van der Waals surface area (Å²) >= 11 is 0. The zero-order chi connectivity index (χ0) is 15.9. The summed E-state index contributed by atoms with van der Waals surface area (Å²) in [5.41, 5.74) is 8.29. The predicted octanol–water partition coefficient (Wildman–Crippen LogP) is 2.18. The average Bonchev–Trinajstić information content (AvgIpc) is 3.02. The van der Waals surface area contributed by atoms with Gasteiger partial charge in [-0.15, -0.1) is 0 Å². The van der Waals surface area contributed by atoms with Crippen molar-refractivity contribution in [2.45, 2.75) is 26.2 Å². The van der Waals surface area contributed by atoms with Gasteiger partial charge in [0.1, 0.15) is 5.69 Å². The number of aromatic amines is 1. The number of rotatable bonds is 7. The Bertz CT molecular complexity index is 592. The molecule has 0 aliphatic carbocycles. The lowest BCUT2D eigenvalue weighted by molar-refractivity contribution is 0.0756. The molecule has 3 N–H and O–H groups in total. The molecule has 2 rings (SSSR count). The molecule has 0 aliphatic heterocycles. The van der Waals surface area contributed by atoms with Crippen molar-refractivity contribution in [3.8, 4) is 0 Å². The Kier molecular flexibility index (Phi) is 5.72. The number of nitrogens with zero attached hydrogens (tertiary/aromatic N) is 2. The Morgan fingerprint density at radius 3 is 2.59 bits per heavy atom. The molecule has 0 bridgehead atoms. The second-order valence-corrected chi connectivity index (χ2v) is 5.68. The fourth-order valence-corrected chi connectivity index (χ4v) is 2.28. The minimum absolute atomic E-state index is 0.0652. The van der Waals surface area contributed by atoms with E-state index in [4.69, 9.17) is 5.73 Å².